The van der Waals surface area contributed by atoms with Gasteiger partial charge in [-0.2, -0.15) is 0 Å². The van der Waals surface area contributed by atoms with Gasteiger partial charge in [-0.05, 0) is 24.4 Å². The van der Waals surface area contributed by atoms with E-state index in [1.54, 1.807) is 12.2 Å². The topological polar surface area (TPSA) is 96.3 Å². The van der Waals surface area contributed by atoms with Crippen molar-refractivity contribution in [3.05, 3.63) is 34.0 Å². The Kier molecular flexibility index (Phi) is 4.58. The number of amides is 1. The van der Waals surface area contributed by atoms with Crippen molar-refractivity contribution in [1.82, 2.24) is 16.2 Å². The third-order valence-corrected chi connectivity index (χ3v) is 2.16. The number of carbonyl (C=O) groups is 1. The number of hydrogen-bond donors (Lipinski definition) is 3. The largest absolute Gasteiger partial charge is 0.332 e. The Balaban J connectivity index is 2.39. The van der Waals surface area contributed by atoms with Crippen LogP contribution in [0.2, 0.25) is 0 Å². The molecule has 0 spiro atoms. The SMILES string of the molecule is CC(=O)NNC(=S)NC1=CCC([N+](=O)[O-])C=C1. The zero-order valence-electron chi connectivity index (χ0n) is 9.10. The second-order valence-corrected chi connectivity index (χ2v) is 3.78. The van der Waals surface area contributed by atoms with Gasteiger partial charge in [0.15, 0.2) is 5.11 Å². The van der Waals surface area contributed by atoms with Gasteiger partial charge in [0.1, 0.15) is 0 Å². The molecule has 1 aliphatic carbocycles. The summed E-state index contributed by atoms with van der Waals surface area (Å²) in [6, 6.07) is -0.683. The Morgan fingerprint density at radius 3 is 2.76 bits per heavy atom. The fourth-order valence-corrected chi connectivity index (χ4v) is 1.33. The molecule has 1 amide bonds. The summed E-state index contributed by atoms with van der Waals surface area (Å²) in [4.78, 5) is 20.7. The molecule has 92 valence electrons. The van der Waals surface area contributed by atoms with Crippen molar-refractivity contribution in [2.24, 2.45) is 0 Å². The first-order valence-electron chi connectivity index (χ1n) is 4.84. The Hall–Kier alpha value is -1.96. The molecule has 0 bridgehead atoms. The molecule has 0 radical (unpaired) electrons. The minimum atomic E-state index is -0.683. The van der Waals surface area contributed by atoms with Crippen LogP contribution in [0.5, 0.6) is 0 Å². The van der Waals surface area contributed by atoms with Gasteiger partial charge in [-0.15, -0.1) is 0 Å². The number of nitro groups is 1. The molecule has 7 nitrogen and oxygen atoms in total. The number of nitrogens with one attached hydrogen (secondary N) is 3. The lowest BCUT2D eigenvalue weighted by molar-refractivity contribution is -0.508. The molecule has 1 rings (SSSR count). The minimum Gasteiger partial charge on any atom is -0.332 e. The molecule has 0 aliphatic heterocycles. The standard InChI is InChI=1S/C9H12N4O3S/c1-6(14)11-12-9(17)10-7-2-4-8(5-3-7)13(15)16/h2-4,8H,5H2,1H3,(H,11,14)(H2,10,12,17). The van der Waals surface area contributed by atoms with E-state index in [2.05, 4.69) is 16.2 Å². The smallest absolute Gasteiger partial charge is 0.235 e. The average Bonchev–Trinajstić information content (AvgIpc) is 2.27. The van der Waals surface area contributed by atoms with Gasteiger partial charge >= 0.3 is 0 Å². The molecule has 0 aromatic carbocycles. The lowest BCUT2D eigenvalue weighted by Gasteiger charge is -2.14. The van der Waals surface area contributed by atoms with Crippen molar-refractivity contribution in [2.45, 2.75) is 19.4 Å². The molecule has 8 heteroatoms. The molecular formula is C9H12N4O3S. The summed E-state index contributed by atoms with van der Waals surface area (Å²) in [5, 5.41) is 13.5. The molecule has 0 heterocycles. The number of hydrogen-bond acceptors (Lipinski definition) is 4. The van der Waals surface area contributed by atoms with Gasteiger partial charge in [-0.25, -0.2) is 0 Å². The van der Waals surface area contributed by atoms with Crippen LogP contribution in [0.3, 0.4) is 0 Å². The van der Waals surface area contributed by atoms with Crippen LogP contribution >= 0.6 is 12.2 Å². The number of rotatable bonds is 2. The van der Waals surface area contributed by atoms with Gasteiger partial charge in [-0.1, -0.05) is 6.08 Å². The van der Waals surface area contributed by atoms with E-state index in [0.717, 1.165) is 0 Å². The van der Waals surface area contributed by atoms with Gasteiger partial charge in [0.2, 0.25) is 11.9 Å². The normalized spacial score (nSPS) is 17.9. The summed E-state index contributed by atoms with van der Waals surface area (Å²) >= 11 is 4.89. The first-order valence-corrected chi connectivity index (χ1v) is 5.25. The molecule has 0 saturated heterocycles. The summed E-state index contributed by atoms with van der Waals surface area (Å²) in [5.41, 5.74) is 5.44. The second kappa shape index (κ2) is 5.94. The maximum Gasteiger partial charge on any atom is 0.235 e. The maximum atomic E-state index is 10.6. The van der Waals surface area contributed by atoms with Crippen LogP contribution in [0.25, 0.3) is 0 Å². The highest BCUT2D eigenvalue weighted by Gasteiger charge is 2.18. The van der Waals surface area contributed by atoms with Gasteiger partial charge in [0, 0.05) is 24.0 Å². The number of carbonyl (C=O) groups excluding carboxylic acids is 1. The Morgan fingerprint density at radius 1 is 1.59 bits per heavy atom. The van der Waals surface area contributed by atoms with E-state index in [4.69, 9.17) is 12.2 Å². The number of thiocarbonyl (C=S) groups is 1. The minimum absolute atomic E-state index is 0.218. The van der Waals surface area contributed by atoms with Gasteiger partial charge in [0.25, 0.3) is 0 Å². The average molecular weight is 256 g/mol. The third-order valence-electron chi connectivity index (χ3n) is 1.96. The molecule has 1 unspecified atom stereocenters. The van der Waals surface area contributed by atoms with Crippen molar-refractivity contribution in [3.63, 3.8) is 0 Å². The van der Waals surface area contributed by atoms with E-state index in [0.29, 0.717) is 12.1 Å². The molecule has 0 saturated carbocycles. The second-order valence-electron chi connectivity index (χ2n) is 3.37. The molecule has 0 aromatic heterocycles. The summed E-state index contributed by atoms with van der Waals surface area (Å²) in [6.07, 6.45) is 5.06. The lowest BCUT2D eigenvalue weighted by Crippen LogP contribution is -2.45. The zero-order valence-corrected chi connectivity index (χ0v) is 9.91. The van der Waals surface area contributed by atoms with Gasteiger partial charge in [-0.3, -0.25) is 25.8 Å². The van der Waals surface area contributed by atoms with E-state index in [1.807, 2.05) is 0 Å². The molecule has 0 aromatic rings. The highest BCUT2D eigenvalue weighted by Crippen LogP contribution is 2.10. The van der Waals surface area contributed by atoms with Crippen molar-refractivity contribution in [3.8, 4) is 0 Å². The summed E-state index contributed by atoms with van der Waals surface area (Å²) in [5.74, 6) is -0.268. The van der Waals surface area contributed by atoms with Gasteiger partial charge < -0.3 is 5.32 Å². The highest BCUT2D eigenvalue weighted by atomic mass is 32.1. The maximum absolute atomic E-state index is 10.6. The lowest BCUT2D eigenvalue weighted by atomic mass is 10.1. The van der Waals surface area contributed by atoms with E-state index in [9.17, 15) is 14.9 Å². The van der Waals surface area contributed by atoms with E-state index in [-0.39, 0.29) is 15.9 Å². The fraction of sp³-hybridized carbons (Fsp3) is 0.333. The first-order chi connectivity index (χ1) is 7.99. The van der Waals surface area contributed by atoms with Crippen LogP contribution in [0.15, 0.2) is 23.9 Å². The van der Waals surface area contributed by atoms with E-state index >= 15 is 0 Å². The Morgan fingerprint density at radius 2 is 2.29 bits per heavy atom. The van der Waals surface area contributed by atoms with Crippen molar-refractivity contribution in [2.75, 3.05) is 0 Å². The molecule has 1 aliphatic rings. The number of hydrazine groups is 1. The molecule has 1 atom stereocenters. The third kappa shape index (κ3) is 4.60. The van der Waals surface area contributed by atoms with E-state index in [1.165, 1.54) is 13.0 Å². The predicted octanol–water partition coefficient (Wildman–Crippen LogP) is -0.00930. The van der Waals surface area contributed by atoms with Crippen LogP contribution in [-0.4, -0.2) is 22.0 Å². The van der Waals surface area contributed by atoms with Crippen molar-refractivity contribution < 1.29 is 9.72 Å². The number of nitrogens with zero attached hydrogens (tertiary/aromatic N) is 1. The Bertz CT molecular complexity index is 405. The van der Waals surface area contributed by atoms with Crippen LogP contribution < -0.4 is 16.2 Å². The molecular weight excluding hydrogens is 244 g/mol. The van der Waals surface area contributed by atoms with Crippen molar-refractivity contribution in [1.29, 1.82) is 0 Å². The van der Waals surface area contributed by atoms with Crippen molar-refractivity contribution >= 4 is 23.2 Å². The predicted molar refractivity (Wildman–Crippen MR) is 65.3 cm³/mol. The fourth-order valence-electron chi connectivity index (χ4n) is 1.17. The van der Waals surface area contributed by atoms with Gasteiger partial charge in [0.05, 0.1) is 0 Å². The zero-order chi connectivity index (χ0) is 12.8. The summed E-state index contributed by atoms with van der Waals surface area (Å²) in [7, 11) is 0. The Labute approximate surface area is 103 Å². The van der Waals surface area contributed by atoms with Crippen LogP contribution in [0.1, 0.15) is 13.3 Å². The summed E-state index contributed by atoms with van der Waals surface area (Å²) in [6.45, 7) is 1.34. The molecule has 3 N–H and O–H groups in total. The van der Waals surface area contributed by atoms with Crippen LogP contribution in [0.4, 0.5) is 0 Å². The quantitative estimate of drug-likeness (QED) is 0.365. The van der Waals surface area contributed by atoms with E-state index < -0.39 is 6.04 Å². The van der Waals surface area contributed by atoms with Crippen LogP contribution in [0, 0.1) is 10.1 Å². The first kappa shape index (κ1) is 13.1. The summed E-state index contributed by atoms with van der Waals surface area (Å²) < 4.78 is 0. The number of allylic oxidation sites excluding steroid dienone is 1. The highest BCUT2D eigenvalue weighted by molar-refractivity contribution is 7.80. The monoisotopic (exact) mass is 256 g/mol. The van der Waals surface area contributed by atoms with Crippen LogP contribution in [-0.2, 0) is 4.79 Å². The molecule has 17 heavy (non-hydrogen) atoms. The molecule has 0 fully saturated rings.